The molecule has 3 heterocycles. The van der Waals surface area contributed by atoms with E-state index < -0.39 is 17.5 Å². The van der Waals surface area contributed by atoms with E-state index in [0.29, 0.717) is 16.9 Å². The highest BCUT2D eigenvalue weighted by atomic mass is 19.2. The van der Waals surface area contributed by atoms with Gasteiger partial charge in [0.2, 0.25) is 5.91 Å². The fourth-order valence-electron chi connectivity index (χ4n) is 3.49. The Morgan fingerprint density at radius 1 is 1.09 bits per heavy atom. The zero-order chi connectivity index (χ0) is 23.7. The molecule has 1 aromatic carbocycles. The Morgan fingerprint density at radius 2 is 1.82 bits per heavy atom. The van der Waals surface area contributed by atoms with Gasteiger partial charge in [-0.3, -0.25) is 19.3 Å². The molecule has 3 aromatic heterocycles. The summed E-state index contributed by atoms with van der Waals surface area (Å²) in [6, 6.07) is 6.18. The van der Waals surface area contributed by atoms with E-state index in [1.165, 1.54) is 47.0 Å². The monoisotopic (exact) mass is 451 g/mol. The molecule has 4 aromatic rings. The Balaban J connectivity index is 1.61. The van der Waals surface area contributed by atoms with Gasteiger partial charge >= 0.3 is 0 Å². The number of halogens is 2. The Bertz CT molecular complexity index is 1360. The molecule has 0 saturated heterocycles. The second-order valence-corrected chi connectivity index (χ2v) is 7.29. The number of hydrogen-bond donors (Lipinski definition) is 2. The van der Waals surface area contributed by atoms with Crippen molar-refractivity contribution in [2.45, 2.75) is 13.5 Å². The Labute approximate surface area is 186 Å². The van der Waals surface area contributed by atoms with E-state index >= 15 is 4.39 Å². The highest BCUT2D eigenvalue weighted by Gasteiger charge is 2.22. The van der Waals surface area contributed by atoms with Crippen LogP contribution < -0.4 is 11.1 Å². The lowest BCUT2D eigenvalue weighted by Gasteiger charge is -2.09. The van der Waals surface area contributed by atoms with Gasteiger partial charge in [-0.2, -0.15) is 5.10 Å². The van der Waals surface area contributed by atoms with Crippen LogP contribution in [0.2, 0.25) is 0 Å². The number of amides is 2. The number of pyridine rings is 1. The average molecular weight is 451 g/mol. The van der Waals surface area contributed by atoms with Gasteiger partial charge in [-0.1, -0.05) is 6.07 Å². The van der Waals surface area contributed by atoms with E-state index in [9.17, 15) is 14.0 Å². The molecular weight excluding hydrogens is 432 g/mol. The van der Waals surface area contributed by atoms with Gasteiger partial charge in [0, 0.05) is 36.1 Å². The van der Waals surface area contributed by atoms with Gasteiger partial charge in [-0.25, -0.2) is 13.8 Å². The number of aryl methyl sites for hydroxylation is 1. The van der Waals surface area contributed by atoms with Gasteiger partial charge in [-0.15, -0.1) is 0 Å². The largest absolute Gasteiger partial charge is 0.363 e. The number of benzene rings is 1. The van der Waals surface area contributed by atoms with Crippen molar-refractivity contribution in [1.29, 1.82) is 0 Å². The molecule has 0 fully saturated rings. The lowest BCUT2D eigenvalue weighted by Crippen LogP contribution is -2.19. The SMILES string of the molecule is Cc1nn(CC(=O)Nc2cccnc2)cc1-c1ccc(-c2cnc(C(N)=O)n2C)c(F)c1F. The van der Waals surface area contributed by atoms with Gasteiger partial charge in [0.1, 0.15) is 6.54 Å². The summed E-state index contributed by atoms with van der Waals surface area (Å²) in [4.78, 5) is 31.5. The van der Waals surface area contributed by atoms with Gasteiger partial charge in [0.15, 0.2) is 17.5 Å². The van der Waals surface area contributed by atoms with Crippen LogP contribution >= 0.6 is 0 Å². The van der Waals surface area contributed by atoms with Crippen molar-refractivity contribution in [2.75, 3.05) is 5.32 Å². The number of carbonyl (C=O) groups is 2. The minimum Gasteiger partial charge on any atom is -0.363 e. The predicted octanol–water partition coefficient (Wildman–Crippen LogP) is 2.67. The summed E-state index contributed by atoms with van der Waals surface area (Å²) >= 11 is 0. The van der Waals surface area contributed by atoms with E-state index in [0.717, 1.165) is 0 Å². The van der Waals surface area contributed by atoms with E-state index in [4.69, 9.17) is 5.73 Å². The maximum absolute atomic E-state index is 15.1. The molecule has 0 unspecified atom stereocenters. The number of imidazole rings is 1. The van der Waals surface area contributed by atoms with E-state index in [2.05, 4.69) is 20.4 Å². The highest BCUT2D eigenvalue weighted by Crippen LogP contribution is 2.32. The van der Waals surface area contributed by atoms with E-state index in [1.54, 1.807) is 25.3 Å². The van der Waals surface area contributed by atoms with Crippen LogP contribution in [-0.2, 0) is 18.4 Å². The lowest BCUT2D eigenvalue weighted by atomic mass is 10.0. The number of primary amides is 1. The molecule has 0 aliphatic carbocycles. The second kappa shape index (κ2) is 8.61. The molecule has 11 heteroatoms. The summed E-state index contributed by atoms with van der Waals surface area (Å²) in [5.74, 6) is -3.39. The number of nitrogens with zero attached hydrogens (tertiary/aromatic N) is 5. The highest BCUT2D eigenvalue weighted by molar-refractivity contribution is 5.91. The maximum atomic E-state index is 15.1. The molecule has 0 bridgehead atoms. The third kappa shape index (κ3) is 4.20. The van der Waals surface area contributed by atoms with Crippen LogP contribution in [0.15, 0.2) is 49.1 Å². The molecule has 168 valence electrons. The number of hydrogen-bond acceptors (Lipinski definition) is 5. The lowest BCUT2D eigenvalue weighted by molar-refractivity contribution is -0.116. The van der Waals surface area contributed by atoms with Crippen LogP contribution in [0.1, 0.15) is 16.3 Å². The zero-order valence-corrected chi connectivity index (χ0v) is 17.7. The summed E-state index contributed by atoms with van der Waals surface area (Å²) in [5.41, 5.74) is 6.66. The number of nitrogens with two attached hydrogens (primary N) is 1. The molecule has 9 nitrogen and oxygen atoms in total. The van der Waals surface area contributed by atoms with E-state index in [-0.39, 0.29) is 35.1 Å². The van der Waals surface area contributed by atoms with Crippen LogP contribution in [-0.4, -0.2) is 36.1 Å². The minimum atomic E-state index is -1.10. The quantitative estimate of drug-likeness (QED) is 0.467. The fraction of sp³-hybridized carbons (Fsp3) is 0.136. The molecule has 33 heavy (non-hydrogen) atoms. The van der Waals surface area contributed by atoms with Crippen LogP contribution in [0, 0.1) is 18.6 Å². The Hall–Kier alpha value is -4.41. The molecule has 0 aliphatic rings. The number of nitrogens with one attached hydrogen (secondary N) is 1. The average Bonchev–Trinajstić information content (AvgIpc) is 3.33. The smallest absolute Gasteiger partial charge is 0.284 e. The molecule has 0 spiro atoms. The normalized spacial score (nSPS) is 10.9. The first-order valence-electron chi connectivity index (χ1n) is 9.80. The molecular formula is C22H19F2N7O2. The van der Waals surface area contributed by atoms with Crippen LogP contribution in [0.3, 0.4) is 0 Å². The van der Waals surface area contributed by atoms with Crippen molar-refractivity contribution in [3.05, 3.63) is 72.2 Å². The number of anilines is 1. The van der Waals surface area contributed by atoms with E-state index in [1.807, 2.05) is 0 Å². The summed E-state index contributed by atoms with van der Waals surface area (Å²) in [6.45, 7) is 1.51. The summed E-state index contributed by atoms with van der Waals surface area (Å²) in [7, 11) is 1.48. The van der Waals surface area contributed by atoms with Gasteiger partial charge in [0.05, 0.1) is 29.5 Å². The second-order valence-electron chi connectivity index (χ2n) is 7.29. The fourth-order valence-corrected chi connectivity index (χ4v) is 3.49. The molecule has 0 radical (unpaired) electrons. The standard InChI is InChI=1S/C22H19F2N7O2/c1-12-16(10-31(29-12)11-18(32)28-13-4-3-7-26-8-13)14-5-6-15(20(24)19(14)23)17-9-27-22(21(25)33)30(17)2/h3-10H,11H2,1-2H3,(H2,25,33)(H,28,32). The molecule has 0 saturated carbocycles. The van der Waals surface area contributed by atoms with Gasteiger partial charge < -0.3 is 15.6 Å². The van der Waals surface area contributed by atoms with Crippen LogP contribution in [0.4, 0.5) is 14.5 Å². The van der Waals surface area contributed by atoms with Crippen molar-refractivity contribution < 1.29 is 18.4 Å². The Kier molecular flexibility index (Phi) is 5.69. The Morgan fingerprint density at radius 3 is 2.48 bits per heavy atom. The van der Waals surface area contributed by atoms with Crippen LogP contribution in [0.25, 0.3) is 22.4 Å². The first-order chi connectivity index (χ1) is 15.8. The molecule has 0 aliphatic heterocycles. The zero-order valence-electron chi connectivity index (χ0n) is 17.7. The predicted molar refractivity (Wildman–Crippen MR) is 116 cm³/mol. The van der Waals surface area contributed by atoms with Crippen molar-refractivity contribution in [1.82, 2.24) is 24.3 Å². The molecule has 4 rings (SSSR count). The molecule has 2 amide bonds. The topological polar surface area (TPSA) is 121 Å². The van der Waals surface area contributed by atoms with Crippen LogP contribution in [0.5, 0.6) is 0 Å². The molecule has 0 atom stereocenters. The van der Waals surface area contributed by atoms with Crippen molar-refractivity contribution in [2.24, 2.45) is 12.8 Å². The van der Waals surface area contributed by atoms with Crippen molar-refractivity contribution in [3.8, 4) is 22.4 Å². The summed E-state index contributed by atoms with van der Waals surface area (Å²) < 4.78 is 32.7. The summed E-state index contributed by atoms with van der Waals surface area (Å²) in [6.07, 6.45) is 5.82. The third-order valence-electron chi connectivity index (χ3n) is 5.05. The number of rotatable bonds is 6. The third-order valence-corrected chi connectivity index (χ3v) is 5.05. The van der Waals surface area contributed by atoms with Gasteiger partial charge in [0.25, 0.3) is 5.91 Å². The minimum absolute atomic E-state index is 0.00930. The number of aromatic nitrogens is 5. The number of carbonyl (C=O) groups excluding carboxylic acids is 2. The maximum Gasteiger partial charge on any atom is 0.284 e. The molecule has 3 N–H and O–H groups in total. The first-order valence-corrected chi connectivity index (χ1v) is 9.80. The first kappa shape index (κ1) is 21.8. The summed E-state index contributed by atoms with van der Waals surface area (Å²) in [5, 5.41) is 6.93. The van der Waals surface area contributed by atoms with Crippen molar-refractivity contribution >= 4 is 17.5 Å². The van der Waals surface area contributed by atoms with Crippen molar-refractivity contribution in [3.63, 3.8) is 0 Å². The van der Waals surface area contributed by atoms with Gasteiger partial charge in [-0.05, 0) is 25.1 Å².